The van der Waals surface area contributed by atoms with E-state index in [1.165, 1.54) is 25.0 Å². The molecule has 0 bridgehead atoms. The van der Waals surface area contributed by atoms with E-state index in [0.29, 0.717) is 17.8 Å². The fourth-order valence-corrected chi connectivity index (χ4v) is 4.43. The molecule has 6 nitrogen and oxygen atoms in total. The van der Waals surface area contributed by atoms with Crippen molar-refractivity contribution in [1.29, 1.82) is 0 Å². The van der Waals surface area contributed by atoms with Crippen LogP contribution in [0.5, 0.6) is 0 Å². The molecule has 0 atom stereocenters. The van der Waals surface area contributed by atoms with Crippen LogP contribution in [-0.2, 0) is 10.0 Å². The van der Waals surface area contributed by atoms with E-state index in [2.05, 4.69) is 9.62 Å². The molecule has 0 aliphatic carbocycles. The molecule has 0 unspecified atom stereocenters. The Morgan fingerprint density at radius 2 is 1.82 bits per heavy atom. The number of sulfonamides is 1. The molecule has 1 N–H and O–H groups in total. The number of likely N-dealkylation sites (tertiary alicyclic amines) is 1. The maximum atomic E-state index is 12.7. The molecule has 2 aromatic rings. The molecule has 1 amide bonds. The Morgan fingerprint density at radius 3 is 2.54 bits per heavy atom. The van der Waals surface area contributed by atoms with Gasteiger partial charge in [-0.05, 0) is 68.8 Å². The van der Waals surface area contributed by atoms with Crippen LogP contribution in [0.1, 0.15) is 28.8 Å². The van der Waals surface area contributed by atoms with Crippen molar-refractivity contribution in [2.45, 2.75) is 24.7 Å². The molecule has 0 aromatic heterocycles. The van der Waals surface area contributed by atoms with Crippen LogP contribution < -0.4 is 4.72 Å². The molecule has 1 heterocycles. The summed E-state index contributed by atoms with van der Waals surface area (Å²) in [4.78, 5) is 16.8. The lowest BCUT2D eigenvalue weighted by molar-refractivity contribution is 0.0782. The van der Waals surface area contributed by atoms with E-state index in [4.69, 9.17) is 0 Å². The Bertz CT molecular complexity index is 937. The number of carbonyl (C=O) groups is 1. The van der Waals surface area contributed by atoms with Crippen LogP contribution >= 0.6 is 0 Å². The number of rotatable bonds is 7. The molecule has 1 saturated heterocycles. The lowest BCUT2D eigenvalue weighted by Gasteiger charge is -2.21. The maximum absolute atomic E-state index is 12.7. The van der Waals surface area contributed by atoms with Gasteiger partial charge < -0.3 is 9.80 Å². The minimum absolute atomic E-state index is 0.0767. The molecule has 0 saturated carbocycles. The van der Waals surface area contributed by atoms with Crippen molar-refractivity contribution in [2.75, 3.05) is 37.9 Å². The molecule has 28 heavy (non-hydrogen) atoms. The van der Waals surface area contributed by atoms with E-state index in [9.17, 15) is 13.2 Å². The van der Waals surface area contributed by atoms with Gasteiger partial charge in [0.05, 0.1) is 4.90 Å². The van der Waals surface area contributed by atoms with Gasteiger partial charge in [0.2, 0.25) is 0 Å². The summed E-state index contributed by atoms with van der Waals surface area (Å²) in [5.41, 5.74) is 1.83. The van der Waals surface area contributed by atoms with Gasteiger partial charge in [0.1, 0.15) is 0 Å². The fourth-order valence-electron chi connectivity index (χ4n) is 3.34. The third kappa shape index (κ3) is 5.11. The van der Waals surface area contributed by atoms with Crippen LogP contribution in [0.25, 0.3) is 0 Å². The van der Waals surface area contributed by atoms with Gasteiger partial charge in [-0.3, -0.25) is 9.52 Å². The number of aryl methyl sites for hydroxylation is 1. The molecule has 2 aromatic carbocycles. The highest BCUT2D eigenvalue weighted by atomic mass is 32.2. The highest BCUT2D eigenvalue weighted by Gasteiger charge is 2.19. The Balaban J connectivity index is 1.70. The van der Waals surface area contributed by atoms with Crippen molar-refractivity contribution in [3.8, 4) is 0 Å². The number of carbonyl (C=O) groups excluding carboxylic acids is 1. The minimum Gasteiger partial charge on any atom is -0.340 e. The van der Waals surface area contributed by atoms with Gasteiger partial charge in [0.15, 0.2) is 0 Å². The zero-order valence-electron chi connectivity index (χ0n) is 16.4. The number of amides is 1. The Kier molecular flexibility index (Phi) is 6.36. The minimum atomic E-state index is -3.77. The fraction of sp³-hybridized carbons (Fsp3) is 0.381. The SMILES string of the molecule is Cc1cccc(NS(=O)(=O)c2cccc(C(=O)N(C)CCN3CCCC3)c2)c1. The summed E-state index contributed by atoms with van der Waals surface area (Å²) < 4.78 is 28.0. The number of nitrogens with zero attached hydrogens (tertiary/aromatic N) is 2. The van der Waals surface area contributed by atoms with Gasteiger partial charge in [-0.25, -0.2) is 8.42 Å². The second-order valence-electron chi connectivity index (χ2n) is 7.28. The Morgan fingerprint density at radius 1 is 1.11 bits per heavy atom. The number of likely N-dealkylation sites (N-methyl/N-ethyl adjacent to an activating group) is 1. The van der Waals surface area contributed by atoms with E-state index in [1.807, 2.05) is 13.0 Å². The molecule has 1 aliphatic heterocycles. The molecule has 0 spiro atoms. The summed E-state index contributed by atoms with van der Waals surface area (Å²) in [6, 6.07) is 13.3. The first-order chi connectivity index (χ1) is 13.3. The highest BCUT2D eigenvalue weighted by Crippen LogP contribution is 2.19. The van der Waals surface area contributed by atoms with Gasteiger partial charge in [-0.15, -0.1) is 0 Å². The predicted octanol–water partition coefficient (Wildman–Crippen LogP) is 2.96. The standard InChI is InChI=1S/C21H27N3O3S/c1-17-7-5-9-19(15-17)22-28(26,27)20-10-6-8-18(16-20)21(25)23(2)13-14-24-11-3-4-12-24/h5-10,15-16,22H,3-4,11-14H2,1-2H3. The van der Waals surface area contributed by atoms with Gasteiger partial charge >= 0.3 is 0 Å². The summed E-state index contributed by atoms with van der Waals surface area (Å²) in [5, 5.41) is 0. The van der Waals surface area contributed by atoms with Crippen LogP contribution in [-0.4, -0.2) is 57.4 Å². The molecular weight excluding hydrogens is 374 g/mol. The maximum Gasteiger partial charge on any atom is 0.261 e. The molecule has 150 valence electrons. The number of benzene rings is 2. The van der Waals surface area contributed by atoms with Gasteiger partial charge in [0, 0.05) is 31.4 Å². The first-order valence-electron chi connectivity index (χ1n) is 9.52. The van der Waals surface area contributed by atoms with Crippen LogP contribution in [0.3, 0.4) is 0 Å². The second kappa shape index (κ2) is 8.75. The summed E-state index contributed by atoms with van der Waals surface area (Å²) in [5.74, 6) is -0.174. The molecule has 1 fully saturated rings. The summed E-state index contributed by atoms with van der Waals surface area (Å²) in [6.07, 6.45) is 2.43. The normalized spacial score (nSPS) is 14.8. The van der Waals surface area contributed by atoms with E-state index in [1.54, 1.807) is 42.3 Å². The van der Waals surface area contributed by atoms with Crippen LogP contribution in [0.2, 0.25) is 0 Å². The van der Waals surface area contributed by atoms with E-state index in [-0.39, 0.29) is 10.8 Å². The number of nitrogens with one attached hydrogen (secondary N) is 1. The smallest absolute Gasteiger partial charge is 0.261 e. The van der Waals surface area contributed by atoms with Crippen molar-refractivity contribution < 1.29 is 13.2 Å². The first kappa shape index (κ1) is 20.4. The van der Waals surface area contributed by atoms with Crippen molar-refractivity contribution in [2.24, 2.45) is 0 Å². The van der Waals surface area contributed by atoms with E-state index in [0.717, 1.165) is 25.2 Å². The predicted molar refractivity (Wildman–Crippen MR) is 111 cm³/mol. The lowest BCUT2D eigenvalue weighted by Crippen LogP contribution is -2.35. The molecule has 3 rings (SSSR count). The van der Waals surface area contributed by atoms with E-state index >= 15 is 0 Å². The molecule has 7 heteroatoms. The third-order valence-corrected chi connectivity index (χ3v) is 6.34. The number of hydrogen-bond acceptors (Lipinski definition) is 4. The zero-order chi connectivity index (χ0) is 20.1. The summed E-state index contributed by atoms with van der Waals surface area (Å²) in [7, 11) is -2.01. The second-order valence-corrected chi connectivity index (χ2v) is 8.96. The summed E-state index contributed by atoms with van der Waals surface area (Å²) in [6.45, 7) is 5.53. The average molecular weight is 402 g/mol. The van der Waals surface area contributed by atoms with Gasteiger partial charge in [0.25, 0.3) is 15.9 Å². The average Bonchev–Trinajstić information content (AvgIpc) is 3.19. The van der Waals surface area contributed by atoms with Crippen LogP contribution in [0.15, 0.2) is 53.4 Å². The number of hydrogen-bond donors (Lipinski definition) is 1. The third-order valence-electron chi connectivity index (χ3n) is 4.96. The van der Waals surface area contributed by atoms with Crippen molar-refractivity contribution in [1.82, 2.24) is 9.80 Å². The number of anilines is 1. The van der Waals surface area contributed by atoms with Crippen molar-refractivity contribution in [3.05, 3.63) is 59.7 Å². The topological polar surface area (TPSA) is 69.7 Å². The van der Waals surface area contributed by atoms with Crippen LogP contribution in [0.4, 0.5) is 5.69 Å². The lowest BCUT2D eigenvalue weighted by atomic mass is 10.2. The van der Waals surface area contributed by atoms with E-state index < -0.39 is 10.0 Å². The monoisotopic (exact) mass is 401 g/mol. The van der Waals surface area contributed by atoms with Crippen molar-refractivity contribution >= 4 is 21.6 Å². The first-order valence-corrected chi connectivity index (χ1v) is 11.0. The van der Waals surface area contributed by atoms with Gasteiger partial charge in [-0.2, -0.15) is 0 Å². The Labute approximate surface area is 167 Å². The molecular formula is C21H27N3O3S. The Hall–Kier alpha value is -2.38. The largest absolute Gasteiger partial charge is 0.340 e. The molecule has 1 aliphatic rings. The van der Waals surface area contributed by atoms with Gasteiger partial charge in [-0.1, -0.05) is 18.2 Å². The van der Waals surface area contributed by atoms with Crippen LogP contribution in [0, 0.1) is 6.92 Å². The summed E-state index contributed by atoms with van der Waals surface area (Å²) >= 11 is 0. The quantitative estimate of drug-likeness (QED) is 0.774. The van der Waals surface area contributed by atoms with Crippen molar-refractivity contribution in [3.63, 3.8) is 0 Å². The zero-order valence-corrected chi connectivity index (χ0v) is 17.2. The highest BCUT2D eigenvalue weighted by molar-refractivity contribution is 7.92. The molecule has 0 radical (unpaired) electrons.